The summed E-state index contributed by atoms with van der Waals surface area (Å²) < 4.78 is 1.78. The Morgan fingerprint density at radius 2 is 2.21 bits per heavy atom. The fourth-order valence-corrected chi connectivity index (χ4v) is 3.84. The van der Waals surface area contributed by atoms with E-state index >= 15 is 0 Å². The van der Waals surface area contributed by atoms with Gasteiger partial charge >= 0.3 is 0 Å². The first-order chi connectivity index (χ1) is 9.22. The zero-order valence-electron chi connectivity index (χ0n) is 10.8. The maximum Gasteiger partial charge on any atom is 0.204 e. The molecule has 3 atom stereocenters. The molecule has 19 heavy (non-hydrogen) atoms. The molecule has 4 rings (SSSR count). The number of nitrogens with zero attached hydrogens (tertiary/aromatic N) is 4. The van der Waals surface area contributed by atoms with Gasteiger partial charge in [-0.2, -0.15) is 0 Å². The van der Waals surface area contributed by atoms with Crippen LogP contribution in [-0.4, -0.2) is 25.6 Å². The van der Waals surface area contributed by atoms with Crippen LogP contribution in [0.4, 0.5) is 5.82 Å². The van der Waals surface area contributed by atoms with E-state index < -0.39 is 0 Å². The molecule has 2 saturated carbocycles. The van der Waals surface area contributed by atoms with Gasteiger partial charge in [-0.1, -0.05) is 6.42 Å². The lowest BCUT2D eigenvalue weighted by atomic mass is 9.95. The summed E-state index contributed by atoms with van der Waals surface area (Å²) in [6.45, 7) is 0. The lowest BCUT2D eigenvalue weighted by Gasteiger charge is -2.23. The van der Waals surface area contributed by atoms with Crippen LogP contribution in [0.3, 0.4) is 0 Å². The second-order valence-corrected chi connectivity index (χ2v) is 6.10. The molecule has 0 amide bonds. The van der Waals surface area contributed by atoms with E-state index in [0.717, 1.165) is 28.8 Å². The lowest BCUT2D eigenvalue weighted by molar-refractivity contribution is 0.439. The van der Waals surface area contributed by atoms with Gasteiger partial charge in [0.25, 0.3) is 0 Å². The van der Waals surface area contributed by atoms with Crippen LogP contribution in [0, 0.1) is 11.8 Å². The number of nitrogens with one attached hydrogen (secondary N) is 1. The maximum absolute atomic E-state index is 6.06. The predicted molar refractivity (Wildman–Crippen MR) is 74.2 cm³/mol. The zero-order valence-corrected chi connectivity index (χ0v) is 11.6. The summed E-state index contributed by atoms with van der Waals surface area (Å²) in [7, 11) is 1.87. The molecule has 2 aromatic heterocycles. The summed E-state index contributed by atoms with van der Waals surface area (Å²) >= 11 is 6.06. The molecule has 0 unspecified atom stereocenters. The van der Waals surface area contributed by atoms with Crippen molar-refractivity contribution in [3.8, 4) is 0 Å². The Hall–Kier alpha value is -1.36. The van der Waals surface area contributed by atoms with Crippen LogP contribution in [0.2, 0.25) is 5.28 Å². The second kappa shape index (κ2) is 4.07. The Bertz CT molecular complexity index is 637. The summed E-state index contributed by atoms with van der Waals surface area (Å²) in [5.74, 6) is 2.53. The Morgan fingerprint density at radius 1 is 1.32 bits per heavy atom. The molecule has 0 radical (unpaired) electrons. The van der Waals surface area contributed by atoms with E-state index in [9.17, 15) is 0 Å². The number of rotatable bonds is 2. The Morgan fingerprint density at radius 3 is 2.95 bits per heavy atom. The highest BCUT2D eigenvalue weighted by Gasteiger charge is 2.39. The Kier molecular flexibility index (Phi) is 2.45. The third-order valence-corrected chi connectivity index (χ3v) is 5.00. The van der Waals surface area contributed by atoms with Gasteiger partial charge in [-0.25, -0.2) is 15.0 Å². The highest BCUT2D eigenvalue weighted by atomic mass is 35.5. The number of anilines is 1. The average Bonchev–Trinajstić information content (AvgIpc) is 3.08. The normalized spacial score (nSPS) is 29.3. The molecular weight excluding hydrogens is 262 g/mol. The van der Waals surface area contributed by atoms with Crippen LogP contribution in [0.5, 0.6) is 0 Å². The number of fused-ring (bicyclic) bond motifs is 3. The zero-order chi connectivity index (χ0) is 13.0. The van der Waals surface area contributed by atoms with E-state index in [1.165, 1.54) is 25.7 Å². The fourth-order valence-electron chi connectivity index (χ4n) is 3.68. The van der Waals surface area contributed by atoms with E-state index in [1.807, 2.05) is 7.05 Å². The predicted octanol–water partition coefficient (Wildman–Crippen LogP) is 2.62. The molecule has 0 spiro atoms. The SMILES string of the molecule is Cn1c(Cl)nc2c(N[C@@H]3C[C@@H]4CC[C@H]3C4)ncnc21. The summed E-state index contributed by atoms with van der Waals surface area (Å²) in [6.07, 6.45) is 6.96. The second-order valence-electron chi connectivity index (χ2n) is 5.76. The van der Waals surface area contributed by atoms with Gasteiger partial charge in [-0.05, 0) is 42.7 Å². The first-order valence-electron chi connectivity index (χ1n) is 6.82. The summed E-state index contributed by atoms with van der Waals surface area (Å²) in [5.41, 5.74) is 1.56. The molecular formula is C13H16ClN5. The molecule has 2 aliphatic carbocycles. The maximum atomic E-state index is 6.06. The summed E-state index contributed by atoms with van der Waals surface area (Å²) in [4.78, 5) is 13.0. The number of halogens is 1. The van der Waals surface area contributed by atoms with Gasteiger partial charge in [0.05, 0.1) is 0 Å². The molecule has 2 aromatic rings. The van der Waals surface area contributed by atoms with E-state index in [1.54, 1.807) is 10.9 Å². The van der Waals surface area contributed by atoms with E-state index in [-0.39, 0.29) is 0 Å². The molecule has 6 heteroatoms. The van der Waals surface area contributed by atoms with Gasteiger partial charge in [0.15, 0.2) is 17.0 Å². The van der Waals surface area contributed by atoms with Crippen LogP contribution >= 0.6 is 11.6 Å². The number of hydrogen-bond acceptors (Lipinski definition) is 4. The van der Waals surface area contributed by atoms with E-state index in [4.69, 9.17) is 11.6 Å². The van der Waals surface area contributed by atoms with Gasteiger partial charge in [0, 0.05) is 13.1 Å². The summed E-state index contributed by atoms with van der Waals surface area (Å²) in [6, 6.07) is 0.539. The molecule has 2 bridgehead atoms. The molecule has 0 aromatic carbocycles. The van der Waals surface area contributed by atoms with Gasteiger partial charge in [0.2, 0.25) is 5.28 Å². The minimum absolute atomic E-state index is 0.450. The smallest absolute Gasteiger partial charge is 0.204 e. The minimum atomic E-state index is 0.450. The molecule has 1 N–H and O–H groups in total. The van der Waals surface area contributed by atoms with E-state index in [0.29, 0.717) is 11.3 Å². The molecule has 0 saturated heterocycles. The van der Waals surface area contributed by atoms with Crippen molar-refractivity contribution in [2.45, 2.75) is 31.7 Å². The van der Waals surface area contributed by atoms with Crippen molar-refractivity contribution >= 4 is 28.6 Å². The number of imidazole rings is 1. The van der Waals surface area contributed by atoms with Gasteiger partial charge < -0.3 is 9.88 Å². The molecule has 2 heterocycles. The lowest BCUT2D eigenvalue weighted by Crippen LogP contribution is -2.26. The van der Waals surface area contributed by atoms with Crippen molar-refractivity contribution in [3.05, 3.63) is 11.6 Å². The van der Waals surface area contributed by atoms with Gasteiger partial charge in [-0.3, -0.25) is 0 Å². The first kappa shape index (κ1) is 11.5. The van der Waals surface area contributed by atoms with Crippen LogP contribution in [-0.2, 0) is 7.05 Å². The monoisotopic (exact) mass is 277 g/mol. The van der Waals surface area contributed by atoms with Crippen molar-refractivity contribution in [2.75, 3.05) is 5.32 Å². The molecule has 2 aliphatic rings. The van der Waals surface area contributed by atoms with Crippen molar-refractivity contribution in [1.29, 1.82) is 0 Å². The van der Waals surface area contributed by atoms with Crippen LogP contribution in [0.25, 0.3) is 11.2 Å². The Balaban J connectivity index is 1.69. The van der Waals surface area contributed by atoms with Crippen molar-refractivity contribution in [2.24, 2.45) is 18.9 Å². The largest absolute Gasteiger partial charge is 0.365 e. The standard InChI is InChI=1S/C13H16ClN5/c1-19-12-10(18-13(19)14)11(15-6-16-12)17-9-5-7-2-3-8(9)4-7/h6-9H,2-5H2,1H3,(H,15,16,17)/t7-,8+,9-/m1/s1. The van der Waals surface area contributed by atoms with E-state index in [2.05, 4.69) is 20.3 Å². The highest BCUT2D eigenvalue weighted by Crippen LogP contribution is 2.45. The van der Waals surface area contributed by atoms with Crippen LogP contribution < -0.4 is 5.32 Å². The third-order valence-electron chi connectivity index (χ3n) is 4.66. The highest BCUT2D eigenvalue weighted by molar-refractivity contribution is 6.29. The van der Waals surface area contributed by atoms with Crippen LogP contribution in [0.1, 0.15) is 25.7 Å². The number of aryl methyl sites for hydroxylation is 1. The van der Waals surface area contributed by atoms with Crippen molar-refractivity contribution in [3.63, 3.8) is 0 Å². The van der Waals surface area contributed by atoms with Crippen molar-refractivity contribution < 1.29 is 0 Å². The first-order valence-corrected chi connectivity index (χ1v) is 7.19. The van der Waals surface area contributed by atoms with Crippen LogP contribution in [0.15, 0.2) is 6.33 Å². The quantitative estimate of drug-likeness (QED) is 0.858. The Labute approximate surface area is 116 Å². The number of hydrogen-bond donors (Lipinski definition) is 1. The third kappa shape index (κ3) is 1.71. The van der Waals surface area contributed by atoms with Gasteiger partial charge in [-0.15, -0.1) is 0 Å². The van der Waals surface area contributed by atoms with Crippen molar-refractivity contribution in [1.82, 2.24) is 19.5 Å². The molecule has 2 fully saturated rings. The summed E-state index contributed by atoms with van der Waals surface area (Å²) in [5, 5.41) is 4.02. The minimum Gasteiger partial charge on any atom is -0.365 e. The topological polar surface area (TPSA) is 55.6 Å². The van der Waals surface area contributed by atoms with Gasteiger partial charge in [0.1, 0.15) is 6.33 Å². The molecule has 100 valence electrons. The molecule has 5 nitrogen and oxygen atoms in total. The molecule has 0 aliphatic heterocycles. The fraction of sp³-hybridized carbons (Fsp3) is 0.615. The number of aromatic nitrogens is 4. The average molecular weight is 278 g/mol.